The molecular formula is C23H30F3N3O2. The number of alkyl halides is 3. The molecule has 1 fully saturated rings. The zero-order chi connectivity index (χ0) is 22.3. The van der Waals surface area contributed by atoms with Gasteiger partial charge >= 0.3 is 6.18 Å². The van der Waals surface area contributed by atoms with Crippen molar-refractivity contribution in [2.45, 2.75) is 57.7 Å². The van der Waals surface area contributed by atoms with Crippen LogP contribution in [0.5, 0.6) is 11.5 Å². The molecule has 1 aliphatic rings. The molecular weight excluding hydrogens is 407 g/mol. The van der Waals surface area contributed by atoms with Gasteiger partial charge in [-0.2, -0.15) is 13.2 Å². The van der Waals surface area contributed by atoms with E-state index in [-0.39, 0.29) is 24.1 Å². The average molecular weight is 438 g/mol. The predicted octanol–water partition coefficient (Wildman–Crippen LogP) is 4.69. The Kier molecular flexibility index (Phi) is 8.03. The van der Waals surface area contributed by atoms with Gasteiger partial charge in [-0.15, -0.1) is 0 Å². The fourth-order valence-electron chi connectivity index (χ4n) is 3.59. The maximum absolute atomic E-state index is 12.7. The van der Waals surface area contributed by atoms with Crippen LogP contribution in [0.2, 0.25) is 0 Å². The van der Waals surface area contributed by atoms with Crippen molar-refractivity contribution in [1.29, 1.82) is 0 Å². The van der Waals surface area contributed by atoms with Crippen molar-refractivity contribution >= 4 is 5.69 Å². The van der Waals surface area contributed by atoms with Crippen molar-refractivity contribution in [1.82, 2.24) is 10.6 Å². The summed E-state index contributed by atoms with van der Waals surface area (Å²) in [7, 11) is 0. The quantitative estimate of drug-likeness (QED) is 0.531. The fourth-order valence-corrected chi connectivity index (χ4v) is 3.59. The lowest BCUT2D eigenvalue weighted by Crippen LogP contribution is -2.55. The van der Waals surface area contributed by atoms with E-state index in [1.807, 2.05) is 44.2 Å². The van der Waals surface area contributed by atoms with E-state index < -0.39 is 12.8 Å². The first-order chi connectivity index (χ1) is 14.8. The molecule has 3 N–H and O–H groups in total. The zero-order valence-electron chi connectivity index (χ0n) is 17.8. The molecule has 1 heterocycles. The summed E-state index contributed by atoms with van der Waals surface area (Å²) in [6.45, 7) is 3.65. The van der Waals surface area contributed by atoms with E-state index in [1.54, 1.807) is 18.2 Å². The number of nitrogens with one attached hydrogen (secondary N) is 3. The van der Waals surface area contributed by atoms with Crippen LogP contribution in [0, 0.1) is 0 Å². The van der Waals surface area contributed by atoms with Crippen LogP contribution in [-0.2, 0) is 6.54 Å². The Hall–Kier alpha value is -2.45. The topological polar surface area (TPSA) is 54.6 Å². The molecule has 3 rings (SSSR count). The monoisotopic (exact) mass is 437 g/mol. The number of para-hydroxylation sites is 1. The summed E-state index contributed by atoms with van der Waals surface area (Å²) in [5.41, 5.74) is 1.59. The molecule has 2 aromatic rings. The van der Waals surface area contributed by atoms with Crippen LogP contribution >= 0.6 is 0 Å². The van der Waals surface area contributed by atoms with Crippen LogP contribution in [0.25, 0.3) is 0 Å². The predicted molar refractivity (Wildman–Crippen MR) is 115 cm³/mol. The van der Waals surface area contributed by atoms with E-state index in [2.05, 4.69) is 16.0 Å². The Bertz CT molecular complexity index is 815. The Balaban J connectivity index is 1.74. The summed E-state index contributed by atoms with van der Waals surface area (Å²) >= 11 is 0. The van der Waals surface area contributed by atoms with Crippen molar-refractivity contribution < 1.29 is 22.6 Å². The van der Waals surface area contributed by atoms with Gasteiger partial charge in [0.1, 0.15) is 11.5 Å². The van der Waals surface area contributed by atoms with Crippen LogP contribution in [0.15, 0.2) is 48.5 Å². The third-order valence-corrected chi connectivity index (χ3v) is 4.94. The summed E-state index contributed by atoms with van der Waals surface area (Å²) in [4.78, 5) is 0. The molecule has 0 amide bonds. The van der Waals surface area contributed by atoms with Crippen molar-refractivity contribution in [3.05, 3.63) is 54.1 Å². The fraction of sp³-hybridized carbons (Fsp3) is 0.478. The van der Waals surface area contributed by atoms with Crippen molar-refractivity contribution in [2.24, 2.45) is 0 Å². The number of rotatable bonds is 9. The van der Waals surface area contributed by atoms with E-state index in [9.17, 15) is 13.2 Å². The van der Waals surface area contributed by atoms with Crippen LogP contribution in [-0.4, -0.2) is 37.6 Å². The van der Waals surface area contributed by atoms with Crippen molar-refractivity contribution in [3.8, 4) is 11.5 Å². The lowest BCUT2D eigenvalue weighted by Gasteiger charge is -2.35. The lowest BCUT2D eigenvalue weighted by atomic mass is 10.0. The number of halogens is 3. The van der Waals surface area contributed by atoms with Crippen LogP contribution in [0.1, 0.15) is 32.3 Å². The van der Waals surface area contributed by atoms with Gasteiger partial charge in [-0.25, -0.2) is 0 Å². The first-order valence-electron chi connectivity index (χ1n) is 10.6. The molecule has 0 bridgehead atoms. The maximum Gasteiger partial charge on any atom is 0.422 e. The van der Waals surface area contributed by atoms with Gasteiger partial charge in [0.05, 0.1) is 12.3 Å². The Morgan fingerprint density at radius 3 is 2.52 bits per heavy atom. The molecule has 1 saturated heterocycles. The number of anilines is 1. The van der Waals surface area contributed by atoms with Crippen LogP contribution in [0.3, 0.4) is 0 Å². The standard InChI is InChI=1S/C23H30F3N3O2/c1-16(2)31-21-12-6-11-20(30-15-23(24,25)26)18(21)14-28-19-10-7-13-27-22(19)29-17-8-4-3-5-9-17/h3-6,8-9,11-12,16,19,22,27-29H,7,10,13-15H2,1-2H3/t19-,22-/m0/s1. The minimum atomic E-state index is -4.41. The van der Waals surface area contributed by atoms with E-state index in [0.29, 0.717) is 17.9 Å². The van der Waals surface area contributed by atoms with Gasteiger partial charge in [-0.3, -0.25) is 5.32 Å². The van der Waals surface area contributed by atoms with Gasteiger partial charge in [0, 0.05) is 23.8 Å². The van der Waals surface area contributed by atoms with Gasteiger partial charge in [0.2, 0.25) is 0 Å². The smallest absolute Gasteiger partial charge is 0.422 e. The summed E-state index contributed by atoms with van der Waals surface area (Å²) in [6.07, 6.45) is -2.58. The van der Waals surface area contributed by atoms with E-state index in [1.165, 1.54) is 0 Å². The second-order valence-electron chi connectivity index (χ2n) is 7.88. The van der Waals surface area contributed by atoms with E-state index >= 15 is 0 Å². The molecule has 8 heteroatoms. The van der Waals surface area contributed by atoms with Crippen molar-refractivity contribution in [3.63, 3.8) is 0 Å². The molecule has 5 nitrogen and oxygen atoms in total. The largest absolute Gasteiger partial charge is 0.491 e. The first kappa shape index (κ1) is 23.2. The summed E-state index contributed by atoms with van der Waals surface area (Å²) < 4.78 is 49.1. The molecule has 170 valence electrons. The highest BCUT2D eigenvalue weighted by Gasteiger charge is 2.30. The Labute approximate surface area is 181 Å². The number of hydrogen-bond donors (Lipinski definition) is 3. The SMILES string of the molecule is CC(C)Oc1cccc(OCC(F)(F)F)c1CN[C@H]1CCCN[C@H]1Nc1ccccc1. The molecule has 2 aromatic carbocycles. The van der Waals surface area contributed by atoms with Crippen LogP contribution in [0.4, 0.5) is 18.9 Å². The summed E-state index contributed by atoms with van der Waals surface area (Å²) in [5.74, 6) is 0.706. The summed E-state index contributed by atoms with van der Waals surface area (Å²) in [5, 5.41) is 10.5. The molecule has 2 atom stereocenters. The number of hydrogen-bond acceptors (Lipinski definition) is 5. The first-order valence-corrected chi connectivity index (χ1v) is 10.6. The second-order valence-corrected chi connectivity index (χ2v) is 7.88. The molecule has 31 heavy (non-hydrogen) atoms. The number of benzene rings is 2. The van der Waals surface area contributed by atoms with Crippen molar-refractivity contribution in [2.75, 3.05) is 18.5 Å². The molecule has 1 aliphatic heterocycles. The highest BCUT2D eigenvalue weighted by molar-refractivity contribution is 5.46. The second kappa shape index (κ2) is 10.7. The highest BCUT2D eigenvalue weighted by Crippen LogP contribution is 2.31. The minimum Gasteiger partial charge on any atom is -0.491 e. The molecule has 0 spiro atoms. The number of piperidine rings is 1. The van der Waals surface area contributed by atoms with Gasteiger partial charge in [-0.1, -0.05) is 24.3 Å². The molecule has 0 radical (unpaired) electrons. The number of ether oxygens (including phenoxy) is 2. The molecule has 0 aromatic heterocycles. The van der Waals surface area contributed by atoms with Gasteiger partial charge in [-0.05, 0) is 57.5 Å². The average Bonchev–Trinajstić information content (AvgIpc) is 2.72. The maximum atomic E-state index is 12.7. The van der Waals surface area contributed by atoms with Gasteiger partial charge < -0.3 is 20.1 Å². The lowest BCUT2D eigenvalue weighted by molar-refractivity contribution is -0.153. The van der Waals surface area contributed by atoms with E-state index in [0.717, 1.165) is 25.1 Å². The normalized spacial score (nSPS) is 19.3. The summed E-state index contributed by atoms with van der Waals surface area (Å²) in [6, 6.07) is 14.9. The Morgan fingerprint density at radius 1 is 1.06 bits per heavy atom. The molecule has 0 unspecified atom stereocenters. The third kappa shape index (κ3) is 7.33. The third-order valence-electron chi connectivity index (χ3n) is 4.94. The minimum absolute atomic E-state index is 0.00567. The van der Waals surface area contributed by atoms with Crippen LogP contribution < -0.4 is 25.4 Å². The Morgan fingerprint density at radius 2 is 1.81 bits per heavy atom. The van der Waals surface area contributed by atoms with E-state index in [4.69, 9.17) is 9.47 Å². The van der Waals surface area contributed by atoms with Gasteiger partial charge in [0.15, 0.2) is 6.61 Å². The van der Waals surface area contributed by atoms with Gasteiger partial charge in [0.25, 0.3) is 0 Å². The molecule has 0 aliphatic carbocycles. The molecule has 0 saturated carbocycles. The zero-order valence-corrected chi connectivity index (χ0v) is 17.8. The highest BCUT2D eigenvalue weighted by atomic mass is 19.4.